The van der Waals surface area contributed by atoms with Gasteiger partial charge < -0.3 is 100 Å². The van der Waals surface area contributed by atoms with E-state index in [9.17, 15) is 4.79 Å². The molecule has 13 rings (SSSR count). The minimum atomic E-state index is -0.471. The van der Waals surface area contributed by atoms with Crippen molar-refractivity contribution >= 4 is 68.3 Å². The fraction of sp³-hybridized carbons (Fsp3) is 0.100. The molecule has 78 heavy (non-hydrogen) atoms. The Hall–Kier alpha value is -7.83. The molecular formula is C60H47I3N10O5. The molecule has 0 fully saturated rings. The number of pyridine rings is 3. The molecule has 0 amide bonds. The van der Waals surface area contributed by atoms with E-state index in [0.717, 1.165) is 100 Å². The second-order valence-corrected chi connectivity index (χ2v) is 18.6. The number of furan rings is 1. The summed E-state index contributed by atoms with van der Waals surface area (Å²) in [6.07, 6.45) is 24.2. The number of hydrogen-bond donors (Lipinski definition) is 2. The molecule has 0 saturated heterocycles. The third-order valence-corrected chi connectivity index (χ3v) is 13.5. The Morgan fingerprint density at radius 3 is 1.49 bits per heavy atom. The zero-order valence-corrected chi connectivity index (χ0v) is 48.7. The van der Waals surface area contributed by atoms with Crippen molar-refractivity contribution in [1.82, 2.24) is 34.9 Å². The molecule has 15 nitrogen and oxygen atoms in total. The highest BCUT2D eigenvalue weighted by molar-refractivity contribution is 6.01. The van der Waals surface area contributed by atoms with Crippen LogP contribution in [-0.4, -0.2) is 41.5 Å². The molecule has 0 radical (unpaired) electrons. The van der Waals surface area contributed by atoms with Crippen molar-refractivity contribution < 1.29 is 104 Å². The topological polar surface area (TPSA) is 162 Å². The van der Waals surface area contributed by atoms with Crippen molar-refractivity contribution in [3.05, 3.63) is 198 Å². The van der Waals surface area contributed by atoms with E-state index in [2.05, 4.69) is 155 Å². The SMILES string of the molecule is C[n+]1ccc(-c2c3nc(c(-c4cc[n+](C)cc4)c4ccc([nH]4)c(-c4cc[n+](C)cc4)c4nc(c(-c5ccc(OCc6cn(CCOc7c8occc8cc8ccc(=O)oc78)nn6)cc5)c5ccc2[nH]5)C=C4)C=C3)cc1.[I-].[I-].[I-]. The average Bonchev–Trinajstić information content (AvgIpc) is 4.31. The van der Waals surface area contributed by atoms with Crippen LogP contribution >= 0.6 is 0 Å². The first-order valence-electron chi connectivity index (χ1n) is 24.5. The van der Waals surface area contributed by atoms with Gasteiger partial charge in [-0.3, -0.25) is 0 Å². The number of aromatic nitrogens is 10. The standard InChI is InChI=1S/C60H46N10O5.3HI/c1-67-25-18-38(19-26-67)55-47-11-9-45(61-47)54(37-4-7-44(8-5-37)74-36-43-35-70(66-65-43)31-33-73-60-58-42(24-32-72-58)34-41-6-17-53(71)75-59(41)60)46-10-12-48(62-46)56(39-20-27-68(2)28-21-39)50-14-16-52(64-50)57(51-15-13-49(55)63-51)40-22-29-69(3)30-23-40;;;/h4-30,32,34-35H,31,33,36H2,1-3H3,(H,61,62,63,64);3*1H/q+2;;;/p-2. The van der Waals surface area contributed by atoms with Gasteiger partial charge >= 0.3 is 5.63 Å². The van der Waals surface area contributed by atoms with Crippen molar-refractivity contribution in [3.8, 4) is 56.0 Å². The van der Waals surface area contributed by atoms with Crippen molar-refractivity contribution in [2.75, 3.05) is 6.61 Å². The summed E-state index contributed by atoms with van der Waals surface area (Å²) in [7, 11) is 6.06. The number of aromatic amines is 2. The monoisotopic (exact) mass is 1370 g/mol. The van der Waals surface area contributed by atoms with Crippen molar-refractivity contribution in [3.63, 3.8) is 0 Å². The highest BCUT2D eigenvalue weighted by atomic mass is 127. The summed E-state index contributed by atoms with van der Waals surface area (Å²) in [5, 5.41) is 10.2. The smallest absolute Gasteiger partial charge is 0.336 e. The normalized spacial score (nSPS) is 11.6. The number of rotatable bonds is 11. The predicted octanol–water partition coefficient (Wildman–Crippen LogP) is 0.911. The Morgan fingerprint density at radius 1 is 0.538 bits per heavy atom. The molecule has 11 aromatic rings. The van der Waals surface area contributed by atoms with Crippen LogP contribution in [0.15, 0.2) is 172 Å². The van der Waals surface area contributed by atoms with Crippen LogP contribution in [0.3, 0.4) is 0 Å². The molecule has 2 aromatic carbocycles. The van der Waals surface area contributed by atoms with Crippen LogP contribution in [0.25, 0.3) is 113 Å². The number of fused-ring (bicyclic) bond motifs is 10. The van der Waals surface area contributed by atoms with Crippen LogP contribution in [0.4, 0.5) is 0 Å². The summed E-state index contributed by atoms with van der Waals surface area (Å²) in [5.41, 5.74) is 15.9. The molecule has 0 spiro atoms. The van der Waals surface area contributed by atoms with Gasteiger partial charge in [0.25, 0.3) is 0 Å². The number of nitrogens with zero attached hydrogens (tertiary/aromatic N) is 8. The van der Waals surface area contributed by atoms with Crippen molar-refractivity contribution in [1.29, 1.82) is 0 Å². The Bertz CT molecular complexity index is 4290. The number of aryl methyl sites for hydroxylation is 3. The van der Waals surface area contributed by atoms with E-state index < -0.39 is 5.63 Å². The van der Waals surface area contributed by atoms with Gasteiger partial charge in [-0.15, -0.1) is 5.10 Å². The average molecular weight is 1370 g/mol. The zero-order chi connectivity index (χ0) is 50.6. The molecule has 11 heterocycles. The van der Waals surface area contributed by atoms with Crippen LogP contribution in [0.5, 0.6) is 11.5 Å². The lowest BCUT2D eigenvalue weighted by Gasteiger charge is -2.09. The summed E-state index contributed by atoms with van der Waals surface area (Å²) >= 11 is 0. The van der Waals surface area contributed by atoms with E-state index in [4.69, 9.17) is 28.3 Å². The minimum absolute atomic E-state index is 0. The van der Waals surface area contributed by atoms with E-state index in [1.165, 1.54) is 6.07 Å². The van der Waals surface area contributed by atoms with E-state index in [-0.39, 0.29) is 85.1 Å². The van der Waals surface area contributed by atoms with E-state index in [1.807, 2.05) is 65.3 Å². The number of ether oxygens (including phenoxy) is 2. The number of halogens is 3. The van der Waals surface area contributed by atoms with Crippen molar-refractivity contribution in [2.24, 2.45) is 21.1 Å². The van der Waals surface area contributed by atoms with Crippen LogP contribution in [0, 0.1) is 0 Å². The molecule has 0 atom stereocenters. The fourth-order valence-corrected chi connectivity index (χ4v) is 9.79. The summed E-state index contributed by atoms with van der Waals surface area (Å²) in [4.78, 5) is 30.7. The second-order valence-electron chi connectivity index (χ2n) is 18.6. The molecule has 0 aliphatic carbocycles. The number of benzene rings is 2. The van der Waals surface area contributed by atoms with Crippen molar-refractivity contribution in [2.45, 2.75) is 13.2 Å². The summed E-state index contributed by atoms with van der Waals surface area (Å²) in [6, 6.07) is 36.2. The first-order chi connectivity index (χ1) is 36.7. The molecule has 2 aliphatic rings. The van der Waals surface area contributed by atoms with Gasteiger partial charge in [-0.25, -0.2) is 33.1 Å². The number of nitrogens with one attached hydrogen (secondary N) is 2. The number of H-pyrrole nitrogens is 2. The molecule has 9 aromatic heterocycles. The maximum Gasteiger partial charge on any atom is 0.336 e. The molecule has 18 heteroatoms. The lowest BCUT2D eigenvalue weighted by Crippen LogP contribution is -3.00. The van der Waals surface area contributed by atoms with Gasteiger partial charge in [0.05, 0.1) is 41.8 Å². The Balaban J connectivity index is 0.00000229. The first-order valence-corrected chi connectivity index (χ1v) is 24.5. The summed E-state index contributed by atoms with van der Waals surface area (Å²) in [6.45, 7) is 0.795. The molecule has 0 saturated carbocycles. The van der Waals surface area contributed by atoms with Gasteiger partial charge in [-0.05, 0) is 101 Å². The van der Waals surface area contributed by atoms with Gasteiger partial charge in [0, 0.05) is 97.6 Å². The third-order valence-electron chi connectivity index (χ3n) is 13.5. The van der Waals surface area contributed by atoms with Gasteiger partial charge in [0.1, 0.15) is 45.8 Å². The van der Waals surface area contributed by atoms with E-state index in [0.29, 0.717) is 34.9 Å². The maximum atomic E-state index is 12.1. The Labute approximate surface area is 497 Å². The maximum absolute atomic E-state index is 12.1. The molecule has 8 bridgehead atoms. The van der Waals surface area contributed by atoms with E-state index in [1.54, 1.807) is 17.0 Å². The Morgan fingerprint density at radius 2 is 1.00 bits per heavy atom. The molecule has 2 aliphatic heterocycles. The van der Waals surface area contributed by atoms with Gasteiger partial charge in [0.2, 0.25) is 5.75 Å². The quantitative estimate of drug-likeness (QED) is 0.109. The summed E-state index contributed by atoms with van der Waals surface area (Å²) < 4.78 is 31.4. The van der Waals surface area contributed by atoms with Crippen LogP contribution < -0.4 is 101 Å². The third kappa shape index (κ3) is 10.5. The fourth-order valence-electron chi connectivity index (χ4n) is 9.79. The zero-order valence-electron chi connectivity index (χ0n) is 42.2. The van der Waals surface area contributed by atoms with Gasteiger partial charge in [0.15, 0.2) is 48.3 Å². The molecule has 0 unspecified atom stereocenters. The lowest BCUT2D eigenvalue weighted by molar-refractivity contribution is -0.671. The van der Waals surface area contributed by atoms with Gasteiger partial charge in [-0.1, -0.05) is 17.3 Å². The van der Waals surface area contributed by atoms with Gasteiger partial charge in [-0.2, -0.15) is 0 Å². The highest BCUT2D eigenvalue weighted by Gasteiger charge is 2.21. The van der Waals surface area contributed by atoms with Crippen LogP contribution in [0.2, 0.25) is 0 Å². The second kappa shape index (κ2) is 22.6. The summed E-state index contributed by atoms with van der Waals surface area (Å²) in [5.74, 6) is 1.03. The lowest BCUT2D eigenvalue weighted by atomic mass is 10.0. The molecular weight excluding hydrogens is 1320 g/mol. The molecule has 2 N–H and O–H groups in total. The van der Waals surface area contributed by atoms with Crippen LogP contribution in [0.1, 0.15) is 28.5 Å². The van der Waals surface area contributed by atoms with Crippen LogP contribution in [-0.2, 0) is 34.3 Å². The highest BCUT2D eigenvalue weighted by Crippen LogP contribution is 2.39. The Kier molecular flexibility index (Phi) is 15.5. The molecule has 388 valence electrons. The number of hydrogen-bond acceptors (Lipinski definition) is 9. The van der Waals surface area contributed by atoms with E-state index >= 15 is 0 Å². The minimum Gasteiger partial charge on any atom is -1.00 e. The largest absolute Gasteiger partial charge is 1.00 e. The first kappa shape index (κ1) is 53.6. The predicted molar refractivity (Wildman–Crippen MR) is 286 cm³/mol.